The van der Waals surface area contributed by atoms with Crippen molar-refractivity contribution in [2.45, 2.75) is 32.7 Å². The Bertz CT molecular complexity index is 307. The molecule has 1 aromatic rings. The largest absolute Gasteiger partial charge is 0.383 e. The molecule has 0 aliphatic carbocycles. The molecule has 1 aliphatic heterocycles. The Balaban J connectivity index is 1.97. The second kappa shape index (κ2) is 4.67. The fourth-order valence-corrected chi connectivity index (χ4v) is 2.25. The highest BCUT2D eigenvalue weighted by Crippen LogP contribution is 2.19. The van der Waals surface area contributed by atoms with E-state index >= 15 is 0 Å². The first-order valence-electron chi connectivity index (χ1n) is 5.81. The molecule has 0 amide bonds. The minimum absolute atomic E-state index is 0.656. The van der Waals surface area contributed by atoms with E-state index in [1.165, 1.54) is 36.2 Å². The van der Waals surface area contributed by atoms with Crippen LogP contribution in [0, 0.1) is 13.8 Å². The Morgan fingerprint density at radius 1 is 1.33 bits per heavy atom. The summed E-state index contributed by atoms with van der Waals surface area (Å²) >= 11 is 0. The number of anilines is 1. The van der Waals surface area contributed by atoms with Crippen LogP contribution in [-0.2, 0) is 0 Å². The first-order chi connectivity index (χ1) is 7.27. The van der Waals surface area contributed by atoms with Gasteiger partial charge in [-0.3, -0.25) is 0 Å². The molecule has 1 aromatic carbocycles. The molecule has 2 rings (SSSR count). The summed E-state index contributed by atoms with van der Waals surface area (Å²) in [5.74, 6) is 0. The lowest BCUT2D eigenvalue weighted by Crippen LogP contribution is -2.29. The highest BCUT2D eigenvalue weighted by atomic mass is 15.0. The van der Waals surface area contributed by atoms with Crippen molar-refractivity contribution < 1.29 is 0 Å². The molecule has 0 unspecified atom stereocenters. The first kappa shape index (κ1) is 10.5. The summed E-state index contributed by atoms with van der Waals surface area (Å²) < 4.78 is 0. The van der Waals surface area contributed by atoms with Gasteiger partial charge in [-0.1, -0.05) is 18.2 Å². The van der Waals surface area contributed by atoms with E-state index in [2.05, 4.69) is 42.7 Å². The number of nitrogens with one attached hydrogen (secondary N) is 2. The average Bonchev–Trinajstić information content (AvgIpc) is 2.70. The minimum Gasteiger partial charge on any atom is -0.383 e. The summed E-state index contributed by atoms with van der Waals surface area (Å²) in [6, 6.07) is 7.10. The van der Waals surface area contributed by atoms with Gasteiger partial charge in [0, 0.05) is 18.3 Å². The van der Waals surface area contributed by atoms with Gasteiger partial charge in [-0.25, -0.2) is 0 Å². The molecule has 0 aromatic heterocycles. The van der Waals surface area contributed by atoms with Crippen LogP contribution in [0.4, 0.5) is 5.69 Å². The van der Waals surface area contributed by atoms with Crippen molar-refractivity contribution in [3.63, 3.8) is 0 Å². The molecular formula is C13H20N2. The van der Waals surface area contributed by atoms with Gasteiger partial charge in [0.05, 0.1) is 0 Å². The molecule has 1 fully saturated rings. The third-order valence-corrected chi connectivity index (χ3v) is 3.17. The van der Waals surface area contributed by atoms with Crippen molar-refractivity contribution in [3.05, 3.63) is 29.3 Å². The number of benzene rings is 1. The maximum atomic E-state index is 3.56. The van der Waals surface area contributed by atoms with Crippen LogP contribution < -0.4 is 10.6 Å². The number of hydrogen-bond donors (Lipinski definition) is 2. The molecular weight excluding hydrogens is 184 g/mol. The highest BCUT2D eigenvalue weighted by Gasteiger charge is 2.13. The zero-order chi connectivity index (χ0) is 10.7. The second-order valence-electron chi connectivity index (χ2n) is 4.44. The minimum atomic E-state index is 0.656. The van der Waals surface area contributed by atoms with E-state index in [1.54, 1.807) is 0 Å². The monoisotopic (exact) mass is 204 g/mol. The summed E-state index contributed by atoms with van der Waals surface area (Å²) in [5.41, 5.74) is 3.99. The fraction of sp³-hybridized carbons (Fsp3) is 0.538. The lowest BCUT2D eigenvalue weighted by atomic mass is 10.1. The highest BCUT2D eigenvalue weighted by molar-refractivity contribution is 5.56. The fourth-order valence-electron chi connectivity index (χ4n) is 2.25. The molecule has 82 valence electrons. The smallest absolute Gasteiger partial charge is 0.0400 e. The van der Waals surface area contributed by atoms with Gasteiger partial charge in [-0.05, 0) is 44.4 Å². The third-order valence-electron chi connectivity index (χ3n) is 3.17. The molecule has 0 saturated carbocycles. The van der Waals surface area contributed by atoms with Crippen LogP contribution in [0.5, 0.6) is 0 Å². The van der Waals surface area contributed by atoms with Crippen molar-refractivity contribution in [1.29, 1.82) is 0 Å². The van der Waals surface area contributed by atoms with Crippen molar-refractivity contribution in [1.82, 2.24) is 5.32 Å². The molecule has 15 heavy (non-hydrogen) atoms. The van der Waals surface area contributed by atoms with E-state index < -0.39 is 0 Å². The van der Waals surface area contributed by atoms with Crippen LogP contribution >= 0.6 is 0 Å². The maximum absolute atomic E-state index is 3.56. The normalized spacial score (nSPS) is 20.5. The molecule has 1 atom stereocenters. The van der Waals surface area contributed by atoms with E-state index in [-0.39, 0.29) is 0 Å². The second-order valence-corrected chi connectivity index (χ2v) is 4.44. The van der Waals surface area contributed by atoms with E-state index in [0.29, 0.717) is 6.04 Å². The number of aryl methyl sites for hydroxylation is 2. The van der Waals surface area contributed by atoms with Crippen LogP contribution in [0.25, 0.3) is 0 Å². The third kappa shape index (κ3) is 2.51. The lowest BCUT2D eigenvalue weighted by Gasteiger charge is -2.16. The van der Waals surface area contributed by atoms with E-state index in [9.17, 15) is 0 Å². The summed E-state index contributed by atoms with van der Waals surface area (Å²) in [4.78, 5) is 0. The van der Waals surface area contributed by atoms with Crippen molar-refractivity contribution >= 4 is 5.69 Å². The lowest BCUT2D eigenvalue weighted by molar-refractivity contribution is 0.633. The molecule has 1 saturated heterocycles. The van der Waals surface area contributed by atoms with Gasteiger partial charge in [0.1, 0.15) is 0 Å². The summed E-state index contributed by atoms with van der Waals surface area (Å²) in [6.07, 6.45) is 2.62. The summed E-state index contributed by atoms with van der Waals surface area (Å²) in [6.45, 7) is 6.56. The quantitative estimate of drug-likeness (QED) is 0.790. The predicted octanol–water partition coefficient (Wildman–Crippen LogP) is 2.47. The van der Waals surface area contributed by atoms with Gasteiger partial charge < -0.3 is 10.6 Å². The van der Waals surface area contributed by atoms with Gasteiger partial charge in [0.2, 0.25) is 0 Å². The molecule has 0 spiro atoms. The van der Waals surface area contributed by atoms with E-state index in [4.69, 9.17) is 0 Å². The Hall–Kier alpha value is -1.02. The summed E-state index contributed by atoms with van der Waals surface area (Å²) in [7, 11) is 0. The maximum Gasteiger partial charge on any atom is 0.0400 e. The molecule has 2 nitrogen and oxygen atoms in total. The van der Waals surface area contributed by atoms with Crippen LogP contribution in [0.15, 0.2) is 18.2 Å². The molecule has 2 N–H and O–H groups in total. The van der Waals surface area contributed by atoms with Crippen molar-refractivity contribution in [2.24, 2.45) is 0 Å². The number of para-hydroxylation sites is 1. The van der Waals surface area contributed by atoms with E-state index in [0.717, 1.165) is 6.54 Å². The zero-order valence-electron chi connectivity index (χ0n) is 9.64. The van der Waals surface area contributed by atoms with Crippen molar-refractivity contribution in [3.8, 4) is 0 Å². The Morgan fingerprint density at radius 3 is 2.67 bits per heavy atom. The van der Waals surface area contributed by atoms with Gasteiger partial charge in [-0.2, -0.15) is 0 Å². The van der Waals surface area contributed by atoms with Gasteiger partial charge in [-0.15, -0.1) is 0 Å². The van der Waals surface area contributed by atoms with Crippen LogP contribution in [-0.4, -0.2) is 19.1 Å². The Morgan fingerprint density at radius 2 is 2.07 bits per heavy atom. The topological polar surface area (TPSA) is 24.1 Å². The van der Waals surface area contributed by atoms with Crippen molar-refractivity contribution in [2.75, 3.05) is 18.4 Å². The van der Waals surface area contributed by atoms with E-state index in [1.807, 2.05) is 0 Å². The number of rotatable bonds is 3. The van der Waals surface area contributed by atoms with Gasteiger partial charge in [0.15, 0.2) is 0 Å². The first-order valence-corrected chi connectivity index (χ1v) is 5.81. The predicted molar refractivity (Wildman–Crippen MR) is 65.4 cm³/mol. The number of hydrogen-bond acceptors (Lipinski definition) is 2. The molecule has 0 radical (unpaired) electrons. The SMILES string of the molecule is Cc1cccc(C)c1NC[C@@H]1CCCN1. The average molecular weight is 204 g/mol. The molecule has 1 aliphatic rings. The van der Waals surface area contributed by atoms with Crippen LogP contribution in [0.3, 0.4) is 0 Å². The molecule has 0 bridgehead atoms. The Labute approximate surface area is 92.1 Å². The zero-order valence-corrected chi connectivity index (χ0v) is 9.64. The Kier molecular flexibility index (Phi) is 3.27. The standard InChI is InChI=1S/C13H20N2/c1-10-5-3-6-11(2)13(10)15-9-12-7-4-8-14-12/h3,5-6,12,14-15H,4,7-9H2,1-2H3/t12-/m0/s1. The van der Waals surface area contributed by atoms with Gasteiger partial charge >= 0.3 is 0 Å². The molecule has 1 heterocycles. The van der Waals surface area contributed by atoms with Gasteiger partial charge in [0.25, 0.3) is 0 Å². The van der Waals surface area contributed by atoms with Crippen LogP contribution in [0.1, 0.15) is 24.0 Å². The molecule has 2 heteroatoms. The van der Waals surface area contributed by atoms with Crippen LogP contribution in [0.2, 0.25) is 0 Å². The summed E-state index contributed by atoms with van der Waals surface area (Å²) in [5, 5.41) is 7.06.